The van der Waals surface area contributed by atoms with Crippen LogP contribution in [-0.2, 0) is 29.1 Å². The van der Waals surface area contributed by atoms with Crippen LogP contribution >= 0.6 is 11.6 Å². The maximum Gasteiger partial charge on any atom is 0.310 e. The number of esters is 1. The molecule has 0 spiro atoms. The Morgan fingerprint density at radius 3 is 2.52 bits per heavy atom. The molecule has 0 aliphatic carbocycles. The second kappa shape index (κ2) is 7.64. The van der Waals surface area contributed by atoms with Crippen molar-refractivity contribution in [1.82, 2.24) is 9.78 Å². The third kappa shape index (κ3) is 4.83. The molecule has 0 amide bonds. The highest BCUT2D eigenvalue weighted by atomic mass is 35.5. The van der Waals surface area contributed by atoms with Crippen LogP contribution in [0.5, 0.6) is 0 Å². The first-order chi connectivity index (χ1) is 10.9. The molecule has 0 N–H and O–H groups in total. The lowest BCUT2D eigenvalue weighted by atomic mass is 10.1. The smallest absolute Gasteiger partial charge is 0.310 e. The van der Waals surface area contributed by atoms with Crippen molar-refractivity contribution >= 4 is 17.6 Å². The Morgan fingerprint density at radius 1 is 1.26 bits per heavy atom. The summed E-state index contributed by atoms with van der Waals surface area (Å²) >= 11 is 5.84. The van der Waals surface area contributed by atoms with Gasteiger partial charge in [0, 0.05) is 22.8 Å². The van der Waals surface area contributed by atoms with Gasteiger partial charge in [0.1, 0.15) is 6.61 Å². The van der Waals surface area contributed by atoms with Crippen LogP contribution in [-0.4, -0.2) is 15.7 Å². The Bertz CT molecular complexity index is 675. The molecule has 0 aliphatic rings. The maximum absolute atomic E-state index is 12.1. The minimum absolute atomic E-state index is 0.241. The summed E-state index contributed by atoms with van der Waals surface area (Å²) in [4.78, 5) is 12.1. The van der Waals surface area contributed by atoms with E-state index in [4.69, 9.17) is 16.3 Å². The standard InChI is InChI=1S/C18H23ClN2O2/c1-12(2)10-21-14(4)17(13(3)20-21)9-18(22)23-11-15-5-7-16(19)8-6-15/h5-8,12H,9-11H2,1-4H3. The molecule has 5 heteroatoms. The Kier molecular flexibility index (Phi) is 5.83. The molecule has 1 heterocycles. The molecule has 0 bridgehead atoms. The van der Waals surface area contributed by atoms with Gasteiger partial charge in [-0.2, -0.15) is 5.10 Å². The first-order valence-corrected chi connectivity index (χ1v) is 8.17. The zero-order chi connectivity index (χ0) is 17.0. The molecule has 23 heavy (non-hydrogen) atoms. The minimum atomic E-state index is -0.241. The van der Waals surface area contributed by atoms with Crippen LogP contribution in [0.4, 0.5) is 0 Å². The highest BCUT2D eigenvalue weighted by Gasteiger charge is 2.16. The Labute approximate surface area is 142 Å². The summed E-state index contributed by atoms with van der Waals surface area (Å²) in [5.74, 6) is 0.271. The Morgan fingerprint density at radius 2 is 1.91 bits per heavy atom. The van der Waals surface area contributed by atoms with Crippen molar-refractivity contribution in [3.8, 4) is 0 Å². The predicted molar refractivity (Wildman–Crippen MR) is 91.5 cm³/mol. The SMILES string of the molecule is Cc1nn(CC(C)C)c(C)c1CC(=O)OCc1ccc(Cl)cc1. The summed E-state index contributed by atoms with van der Waals surface area (Å²) in [5.41, 5.74) is 3.82. The number of benzene rings is 1. The lowest BCUT2D eigenvalue weighted by Crippen LogP contribution is -2.11. The van der Waals surface area contributed by atoms with E-state index in [1.165, 1.54) is 0 Å². The second-order valence-corrected chi connectivity index (χ2v) is 6.63. The van der Waals surface area contributed by atoms with Crippen molar-refractivity contribution in [3.63, 3.8) is 0 Å². The number of carbonyl (C=O) groups is 1. The monoisotopic (exact) mass is 334 g/mol. The number of nitrogens with zero attached hydrogens (tertiary/aromatic N) is 2. The molecular weight excluding hydrogens is 312 g/mol. The number of rotatable bonds is 6. The average molecular weight is 335 g/mol. The Balaban J connectivity index is 1.97. The highest BCUT2D eigenvalue weighted by Crippen LogP contribution is 2.16. The van der Waals surface area contributed by atoms with E-state index < -0.39 is 0 Å². The van der Waals surface area contributed by atoms with Gasteiger partial charge >= 0.3 is 5.97 Å². The van der Waals surface area contributed by atoms with Gasteiger partial charge in [0.25, 0.3) is 0 Å². The van der Waals surface area contributed by atoms with E-state index in [2.05, 4.69) is 18.9 Å². The van der Waals surface area contributed by atoms with E-state index >= 15 is 0 Å². The van der Waals surface area contributed by atoms with E-state index in [9.17, 15) is 4.79 Å². The summed E-state index contributed by atoms with van der Waals surface area (Å²) in [6.45, 7) is 9.35. The molecule has 0 radical (unpaired) electrons. The van der Waals surface area contributed by atoms with Gasteiger partial charge in [-0.3, -0.25) is 9.48 Å². The fraction of sp³-hybridized carbons (Fsp3) is 0.444. The van der Waals surface area contributed by atoms with E-state index in [1.54, 1.807) is 12.1 Å². The highest BCUT2D eigenvalue weighted by molar-refractivity contribution is 6.30. The van der Waals surface area contributed by atoms with Crippen molar-refractivity contribution in [2.75, 3.05) is 0 Å². The van der Waals surface area contributed by atoms with Gasteiger partial charge in [-0.25, -0.2) is 0 Å². The fourth-order valence-corrected chi connectivity index (χ4v) is 2.58. The number of halogens is 1. The van der Waals surface area contributed by atoms with Crippen LogP contribution in [0.2, 0.25) is 5.02 Å². The molecule has 0 saturated heterocycles. The number of aromatic nitrogens is 2. The molecule has 0 atom stereocenters. The summed E-state index contributed by atoms with van der Waals surface area (Å²) in [5, 5.41) is 5.20. The second-order valence-electron chi connectivity index (χ2n) is 6.19. The number of carbonyl (C=O) groups excluding carboxylic acids is 1. The van der Waals surface area contributed by atoms with Gasteiger partial charge in [0.2, 0.25) is 0 Å². The molecular formula is C18H23ClN2O2. The average Bonchev–Trinajstić information content (AvgIpc) is 2.73. The number of aryl methyl sites for hydroxylation is 1. The van der Waals surface area contributed by atoms with E-state index in [0.717, 1.165) is 29.1 Å². The summed E-state index contributed by atoms with van der Waals surface area (Å²) in [6.07, 6.45) is 0.253. The van der Waals surface area contributed by atoms with Crippen LogP contribution in [0, 0.1) is 19.8 Å². The van der Waals surface area contributed by atoms with Crippen molar-refractivity contribution in [3.05, 3.63) is 51.8 Å². The molecule has 0 unspecified atom stereocenters. The van der Waals surface area contributed by atoms with Crippen LogP contribution < -0.4 is 0 Å². The molecule has 1 aromatic heterocycles. The minimum Gasteiger partial charge on any atom is -0.461 e. The molecule has 0 aliphatic heterocycles. The van der Waals surface area contributed by atoms with Gasteiger partial charge in [-0.05, 0) is 37.5 Å². The van der Waals surface area contributed by atoms with Gasteiger partial charge < -0.3 is 4.74 Å². The maximum atomic E-state index is 12.1. The van der Waals surface area contributed by atoms with Crippen LogP contribution in [0.25, 0.3) is 0 Å². The molecule has 124 valence electrons. The van der Waals surface area contributed by atoms with Crippen LogP contribution in [0.15, 0.2) is 24.3 Å². The molecule has 1 aromatic carbocycles. The third-order valence-corrected chi connectivity index (χ3v) is 3.96. The predicted octanol–water partition coefficient (Wildman–Crippen LogP) is 4.10. The van der Waals surface area contributed by atoms with E-state index in [1.807, 2.05) is 30.7 Å². The first kappa shape index (κ1) is 17.5. The van der Waals surface area contributed by atoms with Gasteiger partial charge in [-0.1, -0.05) is 37.6 Å². The van der Waals surface area contributed by atoms with Crippen molar-refractivity contribution in [2.45, 2.75) is 47.3 Å². The molecule has 2 aromatic rings. The Hall–Kier alpha value is -1.81. The van der Waals surface area contributed by atoms with Gasteiger partial charge in [0.05, 0.1) is 12.1 Å². The van der Waals surface area contributed by atoms with E-state index in [-0.39, 0.29) is 19.0 Å². The molecule has 0 saturated carbocycles. The zero-order valence-electron chi connectivity index (χ0n) is 14.1. The molecule has 4 nitrogen and oxygen atoms in total. The summed E-state index contributed by atoms with van der Waals surface area (Å²) in [7, 11) is 0. The number of ether oxygens (including phenoxy) is 1. The summed E-state index contributed by atoms with van der Waals surface area (Å²) in [6, 6.07) is 7.28. The van der Waals surface area contributed by atoms with Gasteiger partial charge in [0.15, 0.2) is 0 Å². The summed E-state index contributed by atoms with van der Waals surface area (Å²) < 4.78 is 7.33. The zero-order valence-corrected chi connectivity index (χ0v) is 14.9. The number of hydrogen-bond acceptors (Lipinski definition) is 3. The lowest BCUT2D eigenvalue weighted by Gasteiger charge is -2.08. The third-order valence-electron chi connectivity index (χ3n) is 3.70. The largest absolute Gasteiger partial charge is 0.461 e. The number of hydrogen-bond donors (Lipinski definition) is 0. The first-order valence-electron chi connectivity index (χ1n) is 7.79. The van der Waals surface area contributed by atoms with Crippen LogP contribution in [0.3, 0.4) is 0 Å². The molecule has 0 fully saturated rings. The fourth-order valence-electron chi connectivity index (χ4n) is 2.45. The quantitative estimate of drug-likeness (QED) is 0.747. The van der Waals surface area contributed by atoms with Crippen LogP contribution in [0.1, 0.15) is 36.4 Å². The topological polar surface area (TPSA) is 44.1 Å². The lowest BCUT2D eigenvalue weighted by molar-refractivity contribution is -0.144. The normalized spacial score (nSPS) is 11.0. The van der Waals surface area contributed by atoms with Crippen molar-refractivity contribution < 1.29 is 9.53 Å². The molecule has 2 rings (SSSR count). The van der Waals surface area contributed by atoms with Crippen molar-refractivity contribution in [1.29, 1.82) is 0 Å². The van der Waals surface area contributed by atoms with Crippen molar-refractivity contribution in [2.24, 2.45) is 5.92 Å². The van der Waals surface area contributed by atoms with Gasteiger partial charge in [-0.15, -0.1) is 0 Å². The van der Waals surface area contributed by atoms with E-state index in [0.29, 0.717) is 10.9 Å².